The Bertz CT molecular complexity index is 2110. The molecule has 23 nitrogen and oxygen atoms in total. The molecule has 0 aliphatic carbocycles. The van der Waals surface area contributed by atoms with Crippen LogP contribution >= 0.6 is 0 Å². The normalized spacial score (nSPS) is 20.0. The fraction of sp³-hybridized carbons (Fsp3) is 0.910. The van der Waals surface area contributed by atoms with Crippen molar-refractivity contribution in [3.63, 3.8) is 0 Å². The first kappa shape index (κ1) is 102. The summed E-state index contributed by atoms with van der Waals surface area (Å²) in [5, 5.41) is 65.2. The summed E-state index contributed by atoms with van der Waals surface area (Å²) in [6, 6.07) is 0. The first-order chi connectivity index (χ1) is 46.0. The van der Waals surface area contributed by atoms with Gasteiger partial charge in [-0.25, -0.2) is 4.79 Å². The number of cyclic esters (lactones) is 4. The van der Waals surface area contributed by atoms with E-state index in [1.54, 1.807) is 0 Å². The molecule has 0 amide bonds. The van der Waals surface area contributed by atoms with Crippen molar-refractivity contribution in [1.82, 2.24) is 0 Å². The van der Waals surface area contributed by atoms with Crippen LogP contribution in [0.5, 0.6) is 0 Å². The lowest BCUT2D eigenvalue weighted by Gasteiger charge is -2.31. The summed E-state index contributed by atoms with van der Waals surface area (Å²) in [5.41, 5.74) is 0.942. The fourth-order valence-corrected chi connectivity index (χ4v) is 10.2. The molecule has 0 aromatic rings. The van der Waals surface area contributed by atoms with Crippen molar-refractivity contribution < 1.29 is 112 Å². The second-order valence-corrected chi connectivity index (χ2v) is 35.2. The van der Waals surface area contributed by atoms with Crippen LogP contribution in [0.3, 0.4) is 0 Å². The molecule has 0 bridgehead atoms. The van der Waals surface area contributed by atoms with E-state index >= 15 is 0 Å². The molecule has 0 spiro atoms. The van der Waals surface area contributed by atoms with Crippen LogP contribution < -0.4 is 0 Å². The molecule has 0 aromatic carbocycles. The van der Waals surface area contributed by atoms with Crippen LogP contribution in [-0.4, -0.2) is 215 Å². The lowest BCUT2D eigenvalue weighted by molar-refractivity contribution is -0.148. The quantitative estimate of drug-likeness (QED) is 0.0283. The highest BCUT2D eigenvalue weighted by molar-refractivity contribution is 5.71. The average Bonchev–Trinajstić information content (AvgIpc) is 1.20. The van der Waals surface area contributed by atoms with Gasteiger partial charge in [0.1, 0.15) is 44.7 Å². The van der Waals surface area contributed by atoms with E-state index < -0.39 is 18.4 Å². The number of ether oxygens (including phenoxy) is 13. The van der Waals surface area contributed by atoms with E-state index in [-0.39, 0.29) is 131 Å². The average molecular weight is 1460 g/mol. The van der Waals surface area contributed by atoms with Gasteiger partial charge in [0, 0.05) is 44.5 Å². The van der Waals surface area contributed by atoms with Crippen LogP contribution in [0, 0.1) is 67.5 Å². The Labute approximate surface area is 612 Å². The molecule has 5 aliphatic heterocycles. The first-order valence-electron chi connectivity index (χ1n) is 36.5. The fourth-order valence-electron chi connectivity index (χ4n) is 10.2. The minimum Gasteiger partial charge on any atom is -0.465 e. The molecule has 0 saturated carbocycles. The zero-order chi connectivity index (χ0) is 77.3. The monoisotopic (exact) mass is 1460 g/mol. The molecule has 5 fully saturated rings. The molecule has 5 rings (SSSR count). The number of carbonyl (C=O) groups is 3. The molecule has 23 heteroatoms. The minimum absolute atomic E-state index is 0. The van der Waals surface area contributed by atoms with Crippen molar-refractivity contribution in [2.45, 2.75) is 274 Å². The lowest BCUT2D eigenvalue weighted by Crippen LogP contribution is -2.36. The maximum atomic E-state index is 10.8. The molecule has 9 unspecified atom stereocenters. The van der Waals surface area contributed by atoms with Gasteiger partial charge in [-0.05, 0) is 102 Å². The SMILES string of the molecule is C.C=C1OCC(COCC(O)CC(C)(C)C)CO1.C=C1OCC(OC(CO)CC(C)(C)C)CO1.CC(C)(C)C(CO)COCC1CCC(=O)O1.CC(C)(C)C(CO)COCC1COC(=O)OC1.CC(C)(C)CC(O)COCC1CCC(=O)O1.CCC(CO)C(C)(C)C.CCC(O)CC(C)(C)C. The van der Waals surface area contributed by atoms with Gasteiger partial charge in [0.25, 0.3) is 11.9 Å². The van der Waals surface area contributed by atoms with E-state index in [0.29, 0.717) is 136 Å². The van der Waals surface area contributed by atoms with E-state index in [1.807, 2.05) is 6.92 Å². The molecular formula is C78H152O23. The van der Waals surface area contributed by atoms with Crippen LogP contribution in [0.15, 0.2) is 25.0 Å². The number of rotatable bonds is 28. The van der Waals surface area contributed by atoms with Gasteiger partial charge in [-0.2, -0.15) is 0 Å². The van der Waals surface area contributed by atoms with Gasteiger partial charge in [-0.1, -0.05) is 173 Å². The Morgan fingerprint density at radius 3 is 1.01 bits per heavy atom. The van der Waals surface area contributed by atoms with Crippen LogP contribution in [0.25, 0.3) is 0 Å². The van der Waals surface area contributed by atoms with Crippen molar-refractivity contribution in [3.05, 3.63) is 25.0 Å². The number of esters is 2. The third-order valence-corrected chi connectivity index (χ3v) is 16.5. The van der Waals surface area contributed by atoms with Gasteiger partial charge in [0.05, 0.1) is 109 Å². The Balaban J connectivity index is -0.00000112. The van der Waals surface area contributed by atoms with Crippen LogP contribution in [0.2, 0.25) is 0 Å². The Morgan fingerprint density at radius 2 is 0.733 bits per heavy atom. The molecule has 5 aliphatic rings. The zero-order valence-corrected chi connectivity index (χ0v) is 66.8. The van der Waals surface area contributed by atoms with E-state index in [4.69, 9.17) is 66.7 Å². The third-order valence-electron chi connectivity index (χ3n) is 16.5. The molecule has 101 heavy (non-hydrogen) atoms. The second kappa shape index (κ2) is 51.6. The smallest absolute Gasteiger partial charge is 0.465 e. The molecular weight excluding hydrogens is 1300 g/mol. The van der Waals surface area contributed by atoms with Crippen molar-refractivity contribution in [3.8, 4) is 0 Å². The molecule has 0 aromatic heterocycles. The van der Waals surface area contributed by atoms with E-state index in [1.165, 1.54) is 0 Å². The van der Waals surface area contributed by atoms with Gasteiger partial charge in [-0.15, -0.1) is 0 Å². The van der Waals surface area contributed by atoms with E-state index in [9.17, 15) is 45.0 Å². The standard InChI is InChI=1S/C13H24O4.C12H22O5.3C12H22O4.2C8H18O.CH4/c1-10-16-7-11(8-17-10)6-15-9-12(14)5-13(2,3)4;1-12(2,3)10(4-13)8-15-5-9-6-16-11(14)17-7-9;1-9-14-7-11(8-15-9)16-10(6-13)5-12(2,3)4;1-12(2,3)9(6-13)7-15-8-10-4-5-11(14)16-10;1-12(2,3)6-9(13)7-15-8-10-4-5-11(14)16-10;1-5-7(6-9)8(2,3)4;1-5-7(9)6-8(2,3)4;/h11-12,14H,1,5-9H2,2-4H3;9-10,13H,4-8H2,1-3H3;10-11,13H,1,5-8H2,2-4H3;2*9-10,13H,4-8H2,1-3H3;2*7,9H,5-6H2,1-4H3;1H4. The van der Waals surface area contributed by atoms with Crippen molar-refractivity contribution in [2.24, 2.45) is 67.5 Å². The van der Waals surface area contributed by atoms with Crippen molar-refractivity contribution in [1.29, 1.82) is 0 Å². The summed E-state index contributed by atoms with van der Waals surface area (Å²) in [4.78, 5) is 32.3. The first-order valence-corrected chi connectivity index (χ1v) is 36.5. The summed E-state index contributed by atoms with van der Waals surface area (Å²) < 4.78 is 67.8. The maximum absolute atomic E-state index is 10.8. The minimum atomic E-state index is -0.607. The van der Waals surface area contributed by atoms with Gasteiger partial charge in [-0.3, -0.25) is 9.59 Å². The second-order valence-electron chi connectivity index (χ2n) is 35.2. The molecule has 7 N–H and O–H groups in total. The maximum Gasteiger partial charge on any atom is 0.508 e. The van der Waals surface area contributed by atoms with Gasteiger partial charge < -0.3 is 97.3 Å². The Hall–Kier alpha value is -3.59. The van der Waals surface area contributed by atoms with Crippen molar-refractivity contribution in [2.75, 3.05) is 119 Å². The highest BCUT2D eigenvalue weighted by Crippen LogP contribution is 2.30. The van der Waals surface area contributed by atoms with Gasteiger partial charge >= 0.3 is 18.1 Å². The molecule has 602 valence electrons. The summed E-state index contributed by atoms with van der Waals surface area (Å²) in [6.07, 6.45) is 5.50. The largest absolute Gasteiger partial charge is 0.508 e. The highest BCUT2D eigenvalue weighted by atomic mass is 16.7. The predicted molar refractivity (Wildman–Crippen MR) is 395 cm³/mol. The van der Waals surface area contributed by atoms with Crippen LogP contribution in [-0.2, 0) is 71.2 Å². The van der Waals surface area contributed by atoms with Gasteiger partial charge in [0.15, 0.2) is 0 Å². The van der Waals surface area contributed by atoms with Crippen LogP contribution in [0.4, 0.5) is 4.79 Å². The van der Waals surface area contributed by atoms with Gasteiger partial charge in [0.2, 0.25) is 0 Å². The van der Waals surface area contributed by atoms with Crippen molar-refractivity contribution >= 4 is 18.1 Å². The lowest BCUT2D eigenvalue weighted by atomic mass is 9.80. The third kappa shape index (κ3) is 57.3. The number of hydrogen-bond acceptors (Lipinski definition) is 23. The summed E-state index contributed by atoms with van der Waals surface area (Å²) in [5.74, 6) is 1.43. The molecule has 0 radical (unpaired) electrons. The highest BCUT2D eigenvalue weighted by Gasteiger charge is 2.31. The summed E-state index contributed by atoms with van der Waals surface area (Å²) in [7, 11) is 0. The Kier molecular flexibility index (Phi) is 51.9. The molecule has 9 atom stereocenters. The number of aliphatic hydroxyl groups excluding tert-OH is 7. The number of carbonyl (C=O) groups excluding carboxylic acids is 3. The van der Waals surface area contributed by atoms with E-state index in [0.717, 1.165) is 44.9 Å². The van der Waals surface area contributed by atoms with Crippen LogP contribution in [0.1, 0.15) is 231 Å². The molecule has 5 heterocycles. The Morgan fingerprint density at radius 1 is 0.416 bits per heavy atom. The molecule has 5 saturated heterocycles. The number of hydrogen-bond donors (Lipinski definition) is 7. The number of aliphatic hydroxyl groups is 7. The zero-order valence-electron chi connectivity index (χ0n) is 66.8. The summed E-state index contributed by atoms with van der Waals surface area (Å²) in [6.45, 7) is 62.4. The topological polar surface area (TPSA) is 313 Å². The summed E-state index contributed by atoms with van der Waals surface area (Å²) >= 11 is 0. The predicted octanol–water partition coefficient (Wildman–Crippen LogP) is 12.8. The van der Waals surface area contributed by atoms with E-state index in [2.05, 4.69) is 165 Å².